The summed E-state index contributed by atoms with van der Waals surface area (Å²) in [4.78, 5) is 24.3. The Morgan fingerprint density at radius 1 is 1.17 bits per heavy atom. The predicted molar refractivity (Wildman–Crippen MR) is 93.0 cm³/mol. The van der Waals surface area contributed by atoms with E-state index < -0.39 is 11.9 Å². The lowest BCUT2D eigenvalue weighted by Crippen LogP contribution is -2.39. The van der Waals surface area contributed by atoms with Gasteiger partial charge in [0, 0.05) is 11.6 Å². The minimum atomic E-state index is -0.643. The van der Waals surface area contributed by atoms with Gasteiger partial charge in [0.15, 0.2) is 0 Å². The smallest absolute Gasteiger partial charge is 0.241 e. The average molecular weight is 335 g/mol. The van der Waals surface area contributed by atoms with Gasteiger partial charge in [0.25, 0.3) is 0 Å². The van der Waals surface area contributed by atoms with E-state index in [1.54, 1.807) is 0 Å². The Labute approximate surface area is 142 Å². The second kappa shape index (κ2) is 8.24. The number of benzene rings is 1. The van der Waals surface area contributed by atoms with Crippen LogP contribution in [-0.4, -0.2) is 17.9 Å². The van der Waals surface area contributed by atoms with Crippen LogP contribution in [0.5, 0.6) is 0 Å². The summed E-state index contributed by atoms with van der Waals surface area (Å²) in [7, 11) is 0. The van der Waals surface area contributed by atoms with E-state index in [4.69, 9.17) is 5.73 Å². The van der Waals surface area contributed by atoms with E-state index in [1.165, 1.54) is 18.2 Å². The third-order valence-electron chi connectivity index (χ3n) is 4.49. The molecule has 1 aromatic carbocycles. The first-order valence-electron chi connectivity index (χ1n) is 8.55. The minimum absolute atomic E-state index is 0.00377. The summed E-state index contributed by atoms with van der Waals surface area (Å²) < 4.78 is 14.0. The topological polar surface area (TPSA) is 84.2 Å². The summed E-state index contributed by atoms with van der Waals surface area (Å²) >= 11 is 0. The second-order valence-electron chi connectivity index (χ2n) is 6.78. The molecule has 1 fully saturated rings. The van der Waals surface area contributed by atoms with Crippen LogP contribution in [-0.2, 0) is 9.59 Å². The molecule has 2 rings (SSSR count). The van der Waals surface area contributed by atoms with Crippen molar-refractivity contribution in [3.63, 3.8) is 0 Å². The van der Waals surface area contributed by atoms with Gasteiger partial charge in [0.2, 0.25) is 11.8 Å². The number of hydrogen-bond donors (Lipinski definition) is 3. The van der Waals surface area contributed by atoms with Gasteiger partial charge in [-0.3, -0.25) is 9.59 Å². The molecule has 2 amide bonds. The molecule has 0 aliphatic heterocycles. The highest BCUT2D eigenvalue weighted by atomic mass is 19.1. The SMILES string of the molecule is CC(C)C(N)C(=O)Nc1ccc(F)c(NC(=O)C2CCCCC2)c1. The highest BCUT2D eigenvalue weighted by molar-refractivity contribution is 5.97. The zero-order valence-corrected chi connectivity index (χ0v) is 14.3. The third-order valence-corrected chi connectivity index (χ3v) is 4.49. The Morgan fingerprint density at radius 3 is 2.46 bits per heavy atom. The summed E-state index contributed by atoms with van der Waals surface area (Å²) in [5.74, 6) is -1.08. The number of rotatable bonds is 5. The maximum atomic E-state index is 14.0. The molecule has 4 N–H and O–H groups in total. The number of amides is 2. The first kappa shape index (κ1) is 18.4. The van der Waals surface area contributed by atoms with E-state index in [2.05, 4.69) is 10.6 Å². The normalized spacial score (nSPS) is 16.7. The Balaban J connectivity index is 2.05. The predicted octanol–water partition coefficient (Wildman–Crippen LogP) is 3.27. The summed E-state index contributed by atoms with van der Waals surface area (Å²) in [6, 6.07) is 3.47. The molecule has 0 heterocycles. The van der Waals surface area contributed by atoms with Gasteiger partial charge in [-0.2, -0.15) is 0 Å². The third kappa shape index (κ3) is 4.77. The molecular formula is C18H26FN3O2. The Hall–Kier alpha value is -1.95. The number of hydrogen-bond acceptors (Lipinski definition) is 3. The van der Waals surface area contributed by atoms with Crippen molar-refractivity contribution < 1.29 is 14.0 Å². The largest absolute Gasteiger partial charge is 0.325 e. The lowest BCUT2D eigenvalue weighted by Gasteiger charge is -2.21. The van der Waals surface area contributed by atoms with Gasteiger partial charge in [-0.05, 0) is 37.0 Å². The molecule has 24 heavy (non-hydrogen) atoms. The number of anilines is 2. The van der Waals surface area contributed by atoms with Crippen molar-refractivity contribution in [3.05, 3.63) is 24.0 Å². The van der Waals surface area contributed by atoms with Crippen molar-refractivity contribution in [2.75, 3.05) is 10.6 Å². The molecule has 1 aliphatic carbocycles. The minimum Gasteiger partial charge on any atom is -0.325 e. The molecule has 0 aromatic heterocycles. The molecular weight excluding hydrogens is 309 g/mol. The average Bonchev–Trinajstić information content (AvgIpc) is 2.57. The van der Waals surface area contributed by atoms with Gasteiger partial charge in [0.05, 0.1) is 11.7 Å². The lowest BCUT2D eigenvalue weighted by molar-refractivity contribution is -0.120. The molecule has 5 nitrogen and oxygen atoms in total. The maximum absolute atomic E-state index is 14.0. The first-order chi connectivity index (χ1) is 11.4. The number of nitrogens with two attached hydrogens (primary N) is 1. The first-order valence-corrected chi connectivity index (χ1v) is 8.55. The van der Waals surface area contributed by atoms with Gasteiger partial charge < -0.3 is 16.4 Å². The van der Waals surface area contributed by atoms with E-state index in [0.29, 0.717) is 5.69 Å². The van der Waals surface area contributed by atoms with Crippen LogP contribution in [0.15, 0.2) is 18.2 Å². The van der Waals surface area contributed by atoms with Gasteiger partial charge in [0.1, 0.15) is 5.82 Å². The fourth-order valence-electron chi connectivity index (χ4n) is 2.83. The van der Waals surface area contributed by atoms with Crippen molar-refractivity contribution in [1.29, 1.82) is 0 Å². The standard InChI is InChI=1S/C18H26FN3O2/c1-11(2)16(20)18(24)21-13-8-9-14(19)15(10-13)22-17(23)12-6-4-3-5-7-12/h8-12,16H,3-7,20H2,1-2H3,(H,21,24)(H,22,23). The highest BCUT2D eigenvalue weighted by Crippen LogP contribution is 2.26. The molecule has 0 bridgehead atoms. The fraction of sp³-hybridized carbons (Fsp3) is 0.556. The van der Waals surface area contributed by atoms with E-state index >= 15 is 0 Å². The Morgan fingerprint density at radius 2 is 1.83 bits per heavy atom. The van der Waals surface area contributed by atoms with Crippen LogP contribution >= 0.6 is 0 Å². The molecule has 1 aromatic rings. The molecule has 0 spiro atoms. The summed E-state index contributed by atoms with van der Waals surface area (Å²) in [6.07, 6.45) is 4.89. The molecule has 1 saturated carbocycles. The van der Waals surface area contributed by atoms with Gasteiger partial charge in [-0.25, -0.2) is 4.39 Å². The second-order valence-corrected chi connectivity index (χ2v) is 6.78. The van der Waals surface area contributed by atoms with Gasteiger partial charge >= 0.3 is 0 Å². The van der Waals surface area contributed by atoms with E-state index in [1.807, 2.05) is 13.8 Å². The van der Waals surface area contributed by atoms with Gasteiger partial charge in [-0.1, -0.05) is 33.1 Å². The summed E-state index contributed by atoms with van der Waals surface area (Å²) in [5, 5.41) is 5.31. The van der Waals surface area contributed by atoms with Crippen LogP contribution in [0.1, 0.15) is 46.0 Å². The van der Waals surface area contributed by atoms with Crippen molar-refractivity contribution in [2.45, 2.75) is 52.0 Å². The van der Waals surface area contributed by atoms with Crippen LogP contribution in [0.2, 0.25) is 0 Å². The van der Waals surface area contributed by atoms with Crippen LogP contribution < -0.4 is 16.4 Å². The lowest BCUT2D eigenvalue weighted by atomic mass is 9.88. The van der Waals surface area contributed by atoms with Gasteiger partial charge in [-0.15, -0.1) is 0 Å². The van der Waals surface area contributed by atoms with Crippen LogP contribution in [0.25, 0.3) is 0 Å². The molecule has 6 heteroatoms. The zero-order chi connectivity index (χ0) is 17.7. The summed E-state index contributed by atoms with van der Waals surface area (Å²) in [6.45, 7) is 3.70. The van der Waals surface area contributed by atoms with Crippen molar-refractivity contribution in [3.8, 4) is 0 Å². The molecule has 1 unspecified atom stereocenters. The zero-order valence-electron chi connectivity index (χ0n) is 14.3. The Bertz CT molecular complexity index is 598. The van der Waals surface area contributed by atoms with Crippen LogP contribution in [0, 0.1) is 17.7 Å². The monoisotopic (exact) mass is 335 g/mol. The highest BCUT2D eigenvalue weighted by Gasteiger charge is 2.22. The maximum Gasteiger partial charge on any atom is 0.241 e. The quantitative estimate of drug-likeness (QED) is 0.772. The summed E-state index contributed by atoms with van der Waals surface area (Å²) in [5.41, 5.74) is 6.30. The van der Waals surface area contributed by atoms with Crippen LogP contribution in [0.3, 0.4) is 0 Å². The van der Waals surface area contributed by atoms with E-state index in [0.717, 1.165) is 32.1 Å². The van der Waals surface area contributed by atoms with Crippen molar-refractivity contribution >= 4 is 23.2 Å². The number of nitrogens with one attached hydrogen (secondary N) is 2. The van der Waals surface area contributed by atoms with Crippen LogP contribution in [0.4, 0.5) is 15.8 Å². The molecule has 0 saturated heterocycles. The van der Waals surface area contributed by atoms with E-state index in [9.17, 15) is 14.0 Å². The van der Waals surface area contributed by atoms with E-state index in [-0.39, 0.29) is 29.3 Å². The fourth-order valence-corrected chi connectivity index (χ4v) is 2.83. The van der Waals surface area contributed by atoms with Crippen molar-refractivity contribution in [1.82, 2.24) is 0 Å². The number of halogens is 1. The molecule has 1 aliphatic rings. The molecule has 1 atom stereocenters. The molecule has 132 valence electrons. The van der Waals surface area contributed by atoms with Crippen molar-refractivity contribution in [2.24, 2.45) is 17.6 Å². The molecule has 0 radical (unpaired) electrons. The number of carbonyl (C=O) groups excluding carboxylic acids is 2. The number of carbonyl (C=O) groups is 2. The Kier molecular flexibility index (Phi) is 6.31.